The second-order valence-electron chi connectivity index (χ2n) is 6.33. The predicted octanol–water partition coefficient (Wildman–Crippen LogP) is 3.52. The van der Waals surface area contributed by atoms with Crippen LogP contribution in [0.25, 0.3) is 0 Å². The van der Waals surface area contributed by atoms with Crippen LogP contribution in [-0.2, 0) is 0 Å². The Bertz CT molecular complexity index is 439. The van der Waals surface area contributed by atoms with Crippen LogP contribution in [0.4, 0.5) is 4.39 Å². The zero-order valence-corrected chi connectivity index (χ0v) is 13.1. The Balaban J connectivity index is 1.93. The summed E-state index contributed by atoms with van der Waals surface area (Å²) >= 11 is 0. The number of nitrogens with one attached hydrogen (secondary N) is 1. The summed E-state index contributed by atoms with van der Waals surface area (Å²) in [5.41, 5.74) is 1.75. The molecule has 2 rings (SSSR count). The normalized spacial score (nSPS) is 20.9. The molecule has 1 N–H and O–H groups in total. The summed E-state index contributed by atoms with van der Waals surface area (Å²) < 4.78 is 13.6. The lowest BCUT2D eigenvalue weighted by molar-refractivity contribution is 0.185. The largest absolute Gasteiger partial charge is 0.307 e. The Morgan fingerprint density at radius 2 is 1.90 bits per heavy atom. The molecule has 0 aromatic heterocycles. The van der Waals surface area contributed by atoms with E-state index in [2.05, 4.69) is 31.1 Å². The van der Waals surface area contributed by atoms with Gasteiger partial charge in [-0.1, -0.05) is 12.1 Å². The van der Waals surface area contributed by atoms with Crippen LogP contribution in [-0.4, -0.2) is 31.1 Å². The zero-order valence-electron chi connectivity index (χ0n) is 13.1. The molecule has 3 heteroatoms. The summed E-state index contributed by atoms with van der Waals surface area (Å²) in [4.78, 5) is 2.39. The molecule has 112 valence electrons. The zero-order chi connectivity index (χ0) is 14.7. The Hall–Kier alpha value is -0.930. The predicted molar refractivity (Wildman–Crippen MR) is 82.4 cm³/mol. The monoisotopic (exact) mass is 278 g/mol. The fourth-order valence-corrected chi connectivity index (χ4v) is 3.03. The fourth-order valence-electron chi connectivity index (χ4n) is 3.03. The fraction of sp³-hybridized carbons (Fsp3) is 0.647. The molecule has 2 nitrogen and oxygen atoms in total. The number of aryl methyl sites for hydroxylation is 1. The molecule has 1 aliphatic heterocycles. The molecule has 0 bridgehead atoms. The smallest absolute Gasteiger partial charge is 0.126 e. The molecule has 2 atom stereocenters. The number of nitrogens with zero attached hydrogens (tertiary/aromatic N) is 1. The number of piperidine rings is 1. The first-order chi connectivity index (χ1) is 9.47. The number of halogens is 1. The molecular weight excluding hydrogens is 251 g/mol. The first-order valence-corrected chi connectivity index (χ1v) is 7.68. The first kappa shape index (κ1) is 15.5. The van der Waals surface area contributed by atoms with Gasteiger partial charge in [0.05, 0.1) is 0 Å². The molecule has 2 unspecified atom stereocenters. The molecule has 1 heterocycles. The van der Waals surface area contributed by atoms with Crippen molar-refractivity contribution in [1.29, 1.82) is 0 Å². The number of rotatable bonds is 4. The summed E-state index contributed by atoms with van der Waals surface area (Å²) in [5, 5.41) is 3.64. The lowest BCUT2D eigenvalue weighted by atomic mass is 9.89. The number of hydrogen-bond donors (Lipinski definition) is 1. The average Bonchev–Trinajstić information content (AvgIpc) is 2.42. The second-order valence-corrected chi connectivity index (χ2v) is 6.33. The van der Waals surface area contributed by atoms with Crippen LogP contribution in [0.5, 0.6) is 0 Å². The third kappa shape index (κ3) is 3.80. The van der Waals surface area contributed by atoms with Crippen molar-refractivity contribution in [3.63, 3.8) is 0 Å². The van der Waals surface area contributed by atoms with Crippen molar-refractivity contribution in [2.24, 2.45) is 5.92 Å². The van der Waals surface area contributed by atoms with Crippen LogP contribution in [0.2, 0.25) is 0 Å². The number of benzene rings is 1. The van der Waals surface area contributed by atoms with Crippen molar-refractivity contribution in [1.82, 2.24) is 10.2 Å². The minimum atomic E-state index is -0.108. The van der Waals surface area contributed by atoms with Gasteiger partial charge in [-0.2, -0.15) is 0 Å². The van der Waals surface area contributed by atoms with Crippen LogP contribution in [0, 0.1) is 18.7 Å². The highest BCUT2D eigenvalue weighted by Crippen LogP contribution is 2.23. The summed E-state index contributed by atoms with van der Waals surface area (Å²) in [6.45, 7) is 8.55. The van der Waals surface area contributed by atoms with E-state index in [1.165, 1.54) is 25.9 Å². The van der Waals surface area contributed by atoms with Gasteiger partial charge in [-0.3, -0.25) is 0 Å². The van der Waals surface area contributed by atoms with E-state index < -0.39 is 0 Å². The topological polar surface area (TPSA) is 15.3 Å². The van der Waals surface area contributed by atoms with Gasteiger partial charge in [0.15, 0.2) is 0 Å². The van der Waals surface area contributed by atoms with Crippen LogP contribution < -0.4 is 5.32 Å². The van der Waals surface area contributed by atoms with E-state index in [-0.39, 0.29) is 11.9 Å². The highest BCUT2D eigenvalue weighted by atomic mass is 19.1. The summed E-state index contributed by atoms with van der Waals surface area (Å²) in [6.07, 6.45) is 2.50. The van der Waals surface area contributed by atoms with Gasteiger partial charge in [-0.15, -0.1) is 0 Å². The van der Waals surface area contributed by atoms with Crippen LogP contribution in [0.15, 0.2) is 18.2 Å². The van der Waals surface area contributed by atoms with Crippen molar-refractivity contribution in [3.05, 3.63) is 35.1 Å². The van der Waals surface area contributed by atoms with E-state index in [4.69, 9.17) is 0 Å². The van der Waals surface area contributed by atoms with Gasteiger partial charge in [0.25, 0.3) is 0 Å². The summed E-state index contributed by atoms with van der Waals surface area (Å²) in [6, 6.07) is 6.22. The van der Waals surface area contributed by atoms with Crippen molar-refractivity contribution < 1.29 is 4.39 Å². The van der Waals surface area contributed by atoms with Gasteiger partial charge < -0.3 is 10.2 Å². The van der Waals surface area contributed by atoms with Gasteiger partial charge in [0.1, 0.15) is 5.82 Å². The standard InChI is InChI=1S/C17H27FN2/c1-12-5-6-16(11-17(12)18)14(3)19-13(2)15-7-9-20(4)10-8-15/h5-6,11,13-15,19H,7-10H2,1-4H3. The lowest BCUT2D eigenvalue weighted by Gasteiger charge is -2.34. The lowest BCUT2D eigenvalue weighted by Crippen LogP contribution is -2.41. The summed E-state index contributed by atoms with van der Waals surface area (Å²) in [7, 11) is 2.19. The van der Waals surface area contributed by atoms with E-state index >= 15 is 0 Å². The molecule has 20 heavy (non-hydrogen) atoms. The van der Waals surface area contributed by atoms with Crippen LogP contribution >= 0.6 is 0 Å². The van der Waals surface area contributed by atoms with E-state index in [0.29, 0.717) is 11.6 Å². The Labute approximate surface area is 122 Å². The van der Waals surface area contributed by atoms with Gasteiger partial charge in [0, 0.05) is 12.1 Å². The van der Waals surface area contributed by atoms with Gasteiger partial charge in [0.2, 0.25) is 0 Å². The third-order valence-corrected chi connectivity index (χ3v) is 4.68. The molecule has 1 aromatic carbocycles. The number of hydrogen-bond acceptors (Lipinski definition) is 2. The number of likely N-dealkylation sites (tertiary alicyclic amines) is 1. The van der Waals surface area contributed by atoms with Crippen LogP contribution in [0.3, 0.4) is 0 Å². The Morgan fingerprint density at radius 3 is 2.50 bits per heavy atom. The van der Waals surface area contributed by atoms with Gasteiger partial charge in [-0.05, 0) is 76.9 Å². The molecule has 1 aliphatic rings. The van der Waals surface area contributed by atoms with E-state index in [9.17, 15) is 4.39 Å². The molecule has 1 fully saturated rings. The van der Waals surface area contributed by atoms with Crippen molar-refractivity contribution in [3.8, 4) is 0 Å². The van der Waals surface area contributed by atoms with Crippen molar-refractivity contribution in [2.45, 2.75) is 45.7 Å². The maximum absolute atomic E-state index is 13.6. The minimum absolute atomic E-state index is 0.108. The quantitative estimate of drug-likeness (QED) is 0.906. The van der Waals surface area contributed by atoms with Gasteiger partial charge in [-0.25, -0.2) is 4.39 Å². The molecule has 1 aromatic rings. The first-order valence-electron chi connectivity index (χ1n) is 7.68. The van der Waals surface area contributed by atoms with Crippen LogP contribution in [0.1, 0.15) is 43.9 Å². The molecule has 1 saturated heterocycles. The Morgan fingerprint density at radius 1 is 1.25 bits per heavy atom. The molecule has 0 saturated carbocycles. The molecular formula is C17H27FN2. The maximum Gasteiger partial charge on any atom is 0.126 e. The van der Waals surface area contributed by atoms with Crippen molar-refractivity contribution in [2.75, 3.05) is 20.1 Å². The summed E-state index contributed by atoms with van der Waals surface area (Å²) in [5.74, 6) is 0.618. The molecule has 0 radical (unpaired) electrons. The average molecular weight is 278 g/mol. The SMILES string of the molecule is Cc1ccc(C(C)NC(C)C2CCN(C)CC2)cc1F. The third-order valence-electron chi connectivity index (χ3n) is 4.68. The second kappa shape index (κ2) is 6.68. The Kier molecular flexibility index (Phi) is 5.17. The highest BCUT2D eigenvalue weighted by Gasteiger charge is 2.23. The molecule has 0 aliphatic carbocycles. The molecule has 0 spiro atoms. The van der Waals surface area contributed by atoms with E-state index in [0.717, 1.165) is 11.5 Å². The van der Waals surface area contributed by atoms with E-state index in [1.807, 2.05) is 12.1 Å². The van der Waals surface area contributed by atoms with Gasteiger partial charge >= 0.3 is 0 Å². The van der Waals surface area contributed by atoms with E-state index in [1.54, 1.807) is 13.0 Å². The minimum Gasteiger partial charge on any atom is -0.307 e. The molecule has 0 amide bonds. The van der Waals surface area contributed by atoms with Crippen molar-refractivity contribution >= 4 is 0 Å². The highest BCUT2D eigenvalue weighted by molar-refractivity contribution is 5.25. The maximum atomic E-state index is 13.6.